The molecule has 3 aliphatic carbocycles. The van der Waals surface area contributed by atoms with Crippen molar-refractivity contribution in [2.24, 2.45) is 7.05 Å². The van der Waals surface area contributed by atoms with Crippen LogP contribution in [0.5, 0.6) is 5.75 Å². The van der Waals surface area contributed by atoms with Gasteiger partial charge in [0.25, 0.3) is 11.8 Å². The highest BCUT2D eigenvalue weighted by Gasteiger charge is 2.69. The van der Waals surface area contributed by atoms with Gasteiger partial charge in [0.1, 0.15) is 17.3 Å². The number of aryl methyl sites for hydroxylation is 1. The molecule has 2 N–H and O–H groups in total. The highest BCUT2D eigenvalue weighted by Crippen LogP contribution is 2.60. The van der Waals surface area contributed by atoms with Crippen LogP contribution in [0.25, 0.3) is 0 Å². The molecule has 31 heavy (non-hydrogen) atoms. The smallest absolute Gasteiger partial charge is 0.269 e. The number of carbonyl (C=O) groups is 2. The lowest BCUT2D eigenvalue weighted by Gasteiger charge is -2.70. The Bertz CT molecular complexity index is 1040. The van der Waals surface area contributed by atoms with Gasteiger partial charge in [0.2, 0.25) is 0 Å². The fourth-order valence-corrected chi connectivity index (χ4v) is 4.57. The second kappa shape index (κ2) is 7.22. The summed E-state index contributed by atoms with van der Waals surface area (Å²) in [6.07, 6.45) is 2.03. The molecular formula is C22H26ClFN4O3. The molecule has 3 fully saturated rings. The summed E-state index contributed by atoms with van der Waals surface area (Å²) in [5.74, 6) is -0.793. The Hall–Kier alpha value is -2.61. The van der Waals surface area contributed by atoms with Crippen LogP contribution in [-0.2, 0) is 17.3 Å². The molecule has 1 aromatic heterocycles. The number of benzene rings is 1. The summed E-state index contributed by atoms with van der Waals surface area (Å²) < 4.78 is 20.4. The Morgan fingerprint density at radius 2 is 1.84 bits per heavy atom. The summed E-state index contributed by atoms with van der Waals surface area (Å²) in [7, 11) is 1.76. The van der Waals surface area contributed by atoms with Crippen LogP contribution in [-0.4, -0.2) is 39.3 Å². The van der Waals surface area contributed by atoms with Crippen molar-refractivity contribution in [2.45, 2.75) is 56.5 Å². The molecule has 1 aromatic carbocycles. The summed E-state index contributed by atoms with van der Waals surface area (Å²) in [4.78, 5) is 25.0. The van der Waals surface area contributed by atoms with Crippen molar-refractivity contribution in [3.63, 3.8) is 0 Å². The number of carbonyl (C=O) groups excluding carboxylic acids is 2. The number of rotatable bonds is 6. The van der Waals surface area contributed by atoms with Crippen LogP contribution in [0.3, 0.4) is 0 Å². The summed E-state index contributed by atoms with van der Waals surface area (Å²) >= 11 is 5.64. The number of aromatic nitrogens is 2. The summed E-state index contributed by atoms with van der Waals surface area (Å²) in [6, 6.07) is 5.86. The van der Waals surface area contributed by atoms with Gasteiger partial charge in [-0.25, -0.2) is 4.39 Å². The zero-order valence-electron chi connectivity index (χ0n) is 18.0. The average molecular weight is 449 g/mol. The molecule has 0 saturated heterocycles. The maximum atomic E-state index is 13.4. The number of nitrogens with one attached hydrogen (secondary N) is 2. The molecule has 0 atom stereocenters. The number of hydrogen-bond acceptors (Lipinski definition) is 4. The molecule has 2 amide bonds. The monoisotopic (exact) mass is 448 g/mol. The third-order valence-corrected chi connectivity index (χ3v) is 6.26. The summed E-state index contributed by atoms with van der Waals surface area (Å²) in [5.41, 5.74) is 0.665. The molecule has 9 heteroatoms. The molecule has 0 aliphatic heterocycles. The van der Waals surface area contributed by atoms with Crippen molar-refractivity contribution in [3.05, 3.63) is 46.5 Å². The fraction of sp³-hybridized carbons (Fsp3) is 0.500. The van der Waals surface area contributed by atoms with Gasteiger partial charge in [-0.15, -0.1) is 0 Å². The number of ether oxygens (including phenoxy) is 1. The maximum Gasteiger partial charge on any atom is 0.269 e. The van der Waals surface area contributed by atoms with Crippen LogP contribution in [0, 0.1) is 5.82 Å². The molecule has 1 heterocycles. The van der Waals surface area contributed by atoms with E-state index in [-0.39, 0.29) is 45.7 Å². The van der Waals surface area contributed by atoms with Gasteiger partial charge in [-0.3, -0.25) is 14.3 Å². The molecule has 7 nitrogen and oxygen atoms in total. The van der Waals surface area contributed by atoms with Crippen LogP contribution in [0.1, 0.15) is 56.2 Å². The van der Waals surface area contributed by atoms with Gasteiger partial charge in [-0.2, -0.15) is 5.10 Å². The van der Waals surface area contributed by atoms with E-state index in [0.717, 1.165) is 11.8 Å². The normalized spacial score (nSPS) is 24.1. The van der Waals surface area contributed by atoms with E-state index in [1.165, 1.54) is 12.1 Å². The van der Waals surface area contributed by atoms with Crippen molar-refractivity contribution >= 4 is 23.4 Å². The van der Waals surface area contributed by atoms with Crippen molar-refractivity contribution in [1.82, 2.24) is 20.4 Å². The predicted octanol–water partition coefficient (Wildman–Crippen LogP) is 3.11. The largest absolute Gasteiger partial charge is 0.484 e. The molecule has 0 unspecified atom stereocenters. The second-order valence-corrected chi connectivity index (χ2v) is 10.2. The lowest BCUT2D eigenvalue weighted by Crippen LogP contribution is -2.84. The molecule has 2 bridgehead atoms. The standard InChI is InChI=1S/C22H26ClFN4O3/c1-20(2,3)17-8-16(28(4)27-17)19(30)26-22-10-21(11-22,12-22)25-18(29)9-31-13-5-6-14(23)15(24)7-13/h5-8H,9-12H2,1-4H3,(H,25,29)(H,26,30). The van der Waals surface area contributed by atoms with Crippen molar-refractivity contribution in [1.29, 1.82) is 0 Å². The van der Waals surface area contributed by atoms with Crippen LogP contribution < -0.4 is 15.4 Å². The van der Waals surface area contributed by atoms with E-state index in [1.807, 2.05) is 6.07 Å². The molecular weight excluding hydrogens is 423 g/mol. The molecule has 3 aliphatic rings. The van der Waals surface area contributed by atoms with E-state index < -0.39 is 5.82 Å². The Kier molecular flexibility index (Phi) is 5.04. The molecule has 3 saturated carbocycles. The minimum absolute atomic E-state index is 0.00114. The number of hydrogen-bond donors (Lipinski definition) is 2. The third-order valence-electron chi connectivity index (χ3n) is 5.96. The molecule has 166 valence electrons. The minimum atomic E-state index is -0.597. The maximum absolute atomic E-state index is 13.4. The first-order valence-corrected chi connectivity index (χ1v) is 10.5. The topological polar surface area (TPSA) is 85.3 Å². The Morgan fingerprint density at radius 3 is 2.42 bits per heavy atom. The quantitative estimate of drug-likeness (QED) is 0.711. The van der Waals surface area contributed by atoms with E-state index in [4.69, 9.17) is 16.3 Å². The van der Waals surface area contributed by atoms with Gasteiger partial charge in [0.05, 0.1) is 10.7 Å². The molecule has 2 aromatic rings. The highest BCUT2D eigenvalue weighted by atomic mass is 35.5. The van der Waals surface area contributed by atoms with Crippen LogP contribution in [0.4, 0.5) is 4.39 Å². The Balaban J connectivity index is 1.27. The summed E-state index contributed by atoms with van der Waals surface area (Å²) in [6.45, 7) is 5.94. The number of halogens is 2. The van der Waals surface area contributed by atoms with E-state index >= 15 is 0 Å². The minimum Gasteiger partial charge on any atom is -0.484 e. The highest BCUT2D eigenvalue weighted by molar-refractivity contribution is 6.30. The van der Waals surface area contributed by atoms with Crippen molar-refractivity contribution in [2.75, 3.05) is 6.61 Å². The zero-order valence-corrected chi connectivity index (χ0v) is 18.8. The van der Waals surface area contributed by atoms with Crippen LogP contribution in [0.15, 0.2) is 24.3 Å². The molecule has 0 spiro atoms. The summed E-state index contributed by atoms with van der Waals surface area (Å²) in [5, 5.41) is 10.5. The van der Waals surface area contributed by atoms with Crippen molar-refractivity contribution in [3.8, 4) is 5.75 Å². The second-order valence-electron chi connectivity index (χ2n) is 9.75. The molecule has 5 rings (SSSR count). The van der Waals surface area contributed by atoms with E-state index in [9.17, 15) is 14.0 Å². The van der Waals surface area contributed by atoms with Gasteiger partial charge in [-0.1, -0.05) is 32.4 Å². The van der Waals surface area contributed by atoms with Crippen LogP contribution >= 0.6 is 11.6 Å². The van der Waals surface area contributed by atoms with E-state index in [0.29, 0.717) is 25.0 Å². The fourth-order valence-electron chi connectivity index (χ4n) is 4.45. The lowest BCUT2D eigenvalue weighted by atomic mass is 9.44. The first-order chi connectivity index (χ1) is 14.4. The van der Waals surface area contributed by atoms with Crippen molar-refractivity contribution < 1.29 is 18.7 Å². The SMILES string of the molecule is Cn1nc(C(C)(C)C)cc1C(=O)NC12CC(NC(=O)COc3ccc(Cl)c(F)c3)(C1)C2. The van der Waals surface area contributed by atoms with Crippen LogP contribution in [0.2, 0.25) is 5.02 Å². The van der Waals surface area contributed by atoms with Gasteiger partial charge < -0.3 is 15.4 Å². The lowest BCUT2D eigenvalue weighted by molar-refractivity contribution is -0.141. The Morgan fingerprint density at radius 1 is 1.19 bits per heavy atom. The number of nitrogens with zero attached hydrogens (tertiary/aromatic N) is 2. The Labute approximate surface area is 185 Å². The average Bonchev–Trinajstić information content (AvgIpc) is 3.02. The first-order valence-electron chi connectivity index (χ1n) is 10.2. The molecule has 0 radical (unpaired) electrons. The third kappa shape index (κ3) is 4.13. The van der Waals surface area contributed by atoms with Gasteiger partial charge in [0.15, 0.2) is 6.61 Å². The van der Waals surface area contributed by atoms with Gasteiger partial charge in [0, 0.05) is 29.6 Å². The zero-order chi connectivity index (χ0) is 22.6. The van der Waals surface area contributed by atoms with Gasteiger partial charge in [-0.05, 0) is 37.5 Å². The van der Waals surface area contributed by atoms with Gasteiger partial charge >= 0.3 is 0 Å². The predicted molar refractivity (Wildman–Crippen MR) is 114 cm³/mol. The first kappa shape index (κ1) is 21.6. The van der Waals surface area contributed by atoms with E-state index in [2.05, 4.69) is 36.5 Å². The van der Waals surface area contributed by atoms with E-state index in [1.54, 1.807) is 11.7 Å². The number of amides is 2.